The van der Waals surface area contributed by atoms with Crippen LogP contribution in [0.4, 0.5) is 11.4 Å². The molecule has 2 aromatic rings. The van der Waals surface area contributed by atoms with Gasteiger partial charge in [0.25, 0.3) is 0 Å². The minimum atomic E-state index is -0.330. The predicted octanol–water partition coefficient (Wildman–Crippen LogP) is 2.20. The number of nitrogens with two attached hydrogens (primary N) is 1. The van der Waals surface area contributed by atoms with E-state index >= 15 is 0 Å². The first kappa shape index (κ1) is 16.7. The summed E-state index contributed by atoms with van der Waals surface area (Å²) in [6.07, 6.45) is 0. The van der Waals surface area contributed by atoms with Crippen LogP contribution in [-0.4, -0.2) is 39.1 Å². The van der Waals surface area contributed by atoms with Gasteiger partial charge in [-0.2, -0.15) is 5.10 Å². The van der Waals surface area contributed by atoms with Crippen molar-refractivity contribution in [3.63, 3.8) is 0 Å². The van der Waals surface area contributed by atoms with Gasteiger partial charge in [-0.15, -0.1) is 0 Å². The number of nitrogen functional groups attached to an aromatic ring is 1. The number of anilines is 1. The molecular weight excluding hydrogens is 318 g/mol. The van der Waals surface area contributed by atoms with E-state index in [1.165, 1.54) is 11.1 Å². The SMILES string of the molecule is Cc1cc(N=C2C(=N)N(Cc3ccccc3)N=C2CO)c(N)cc1O. The number of aryl methyl sites for hydroxylation is 1. The van der Waals surface area contributed by atoms with Gasteiger partial charge in [0.1, 0.15) is 17.2 Å². The van der Waals surface area contributed by atoms with Crippen LogP contribution in [0.25, 0.3) is 0 Å². The summed E-state index contributed by atoms with van der Waals surface area (Å²) in [6.45, 7) is 1.82. The van der Waals surface area contributed by atoms with Gasteiger partial charge in [0, 0.05) is 6.07 Å². The molecular formula is C18H19N5O2. The average molecular weight is 337 g/mol. The van der Waals surface area contributed by atoms with E-state index in [1.807, 2.05) is 30.3 Å². The second kappa shape index (κ2) is 6.74. The maximum absolute atomic E-state index is 9.70. The van der Waals surface area contributed by atoms with Gasteiger partial charge < -0.3 is 15.9 Å². The number of aliphatic imine (C=N–C) groups is 1. The highest BCUT2D eigenvalue weighted by Gasteiger charge is 2.28. The molecule has 1 heterocycles. The van der Waals surface area contributed by atoms with Gasteiger partial charge in [0.15, 0.2) is 5.84 Å². The van der Waals surface area contributed by atoms with Crippen LogP contribution in [0.2, 0.25) is 0 Å². The highest BCUT2D eigenvalue weighted by Crippen LogP contribution is 2.30. The first-order valence-corrected chi connectivity index (χ1v) is 7.76. The molecule has 0 spiro atoms. The van der Waals surface area contributed by atoms with Crippen molar-refractivity contribution in [2.24, 2.45) is 10.1 Å². The lowest BCUT2D eigenvalue weighted by atomic mass is 10.1. The Morgan fingerprint density at radius 1 is 1.24 bits per heavy atom. The topological polar surface area (TPSA) is 118 Å². The minimum absolute atomic E-state index is 0.0877. The Morgan fingerprint density at radius 2 is 1.96 bits per heavy atom. The normalized spacial score (nSPS) is 15.8. The van der Waals surface area contributed by atoms with Crippen LogP contribution in [0.3, 0.4) is 0 Å². The third-order valence-electron chi connectivity index (χ3n) is 3.90. The smallest absolute Gasteiger partial charge is 0.170 e. The molecule has 0 aliphatic carbocycles. The summed E-state index contributed by atoms with van der Waals surface area (Å²) in [4.78, 5) is 4.41. The number of hydrogen-bond acceptors (Lipinski definition) is 6. The lowest BCUT2D eigenvalue weighted by Crippen LogP contribution is -2.27. The Balaban J connectivity index is 1.93. The zero-order valence-corrected chi connectivity index (χ0v) is 13.8. The molecule has 7 nitrogen and oxygen atoms in total. The number of nitrogens with one attached hydrogen (secondary N) is 1. The van der Waals surface area contributed by atoms with E-state index in [1.54, 1.807) is 13.0 Å². The van der Waals surface area contributed by atoms with E-state index in [4.69, 9.17) is 11.1 Å². The quantitative estimate of drug-likeness (QED) is 0.639. The Labute approximate surface area is 145 Å². The van der Waals surface area contributed by atoms with Crippen LogP contribution in [0, 0.1) is 12.3 Å². The Bertz CT molecular complexity index is 875. The number of nitrogens with zero attached hydrogens (tertiary/aromatic N) is 3. The van der Waals surface area contributed by atoms with Gasteiger partial charge in [-0.1, -0.05) is 30.3 Å². The largest absolute Gasteiger partial charge is 0.508 e. The van der Waals surface area contributed by atoms with Crippen LogP contribution in [0.1, 0.15) is 11.1 Å². The van der Waals surface area contributed by atoms with Crippen LogP contribution >= 0.6 is 0 Å². The monoisotopic (exact) mass is 337 g/mol. The Morgan fingerprint density at radius 3 is 2.64 bits per heavy atom. The van der Waals surface area contributed by atoms with Crippen molar-refractivity contribution in [2.45, 2.75) is 13.5 Å². The minimum Gasteiger partial charge on any atom is -0.508 e. The molecule has 2 aromatic carbocycles. The molecule has 0 saturated heterocycles. The van der Waals surface area contributed by atoms with Gasteiger partial charge in [-0.25, -0.2) is 10.0 Å². The number of hydrazone groups is 1. The molecule has 0 amide bonds. The second-order valence-electron chi connectivity index (χ2n) is 5.75. The number of aromatic hydroxyl groups is 1. The standard InChI is InChI=1S/C18H19N5O2/c1-11-7-14(13(19)8-16(11)25)21-17-15(10-24)22-23(18(17)20)9-12-5-3-2-4-6-12/h2-8,20,24-25H,9-10,19H2,1H3. The zero-order valence-electron chi connectivity index (χ0n) is 13.8. The fraction of sp³-hybridized carbons (Fsp3) is 0.167. The molecule has 128 valence electrons. The zero-order chi connectivity index (χ0) is 18.0. The van der Waals surface area contributed by atoms with Crippen molar-refractivity contribution in [1.82, 2.24) is 5.01 Å². The fourth-order valence-electron chi connectivity index (χ4n) is 2.51. The summed E-state index contributed by atoms with van der Waals surface area (Å²) >= 11 is 0. The molecule has 0 atom stereocenters. The second-order valence-corrected chi connectivity index (χ2v) is 5.75. The highest BCUT2D eigenvalue weighted by atomic mass is 16.3. The van der Waals surface area contributed by atoms with Crippen molar-refractivity contribution in [1.29, 1.82) is 5.41 Å². The molecule has 0 unspecified atom stereocenters. The predicted molar refractivity (Wildman–Crippen MR) is 98.6 cm³/mol. The van der Waals surface area contributed by atoms with E-state index in [2.05, 4.69) is 10.1 Å². The number of aliphatic hydroxyl groups is 1. The summed E-state index contributed by atoms with van der Waals surface area (Å²) in [5.41, 5.74) is 8.83. The maximum atomic E-state index is 9.70. The molecule has 5 N–H and O–H groups in total. The van der Waals surface area contributed by atoms with Crippen LogP contribution < -0.4 is 5.73 Å². The molecule has 0 bridgehead atoms. The number of benzene rings is 2. The van der Waals surface area contributed by atoms with Crippen LogP contribution in [0.5, 0.6) is 5.75 Å². The van der Waals surface area contributed by atoms with Crippen molar-refractivity contribution < 1.29 is 10.2 Å². The number of phenols is 1. The third kappa shape index (κ3) is 3.36. The number of rotatable bonds is 4. The van der Waals surface area contributed by atoms with E-state index in [9.17, 15) is 10.2 Å². The van der Waals surface area contributed by atoms with E-state index in [-0.39, 0.29) is 23.9 Å². The lowest BCUT2D eigenvalue weighted by Gasteiger charge is -2.13. The van der Waals surface area contributed by atoms with E-state index in [0.29, 0.717) is 29.2 Å². The maximum Gasteiger partial charge on any atom is 0.170 e. The van der Waals surface area contributed by atoms with Gasteiger partial charge in [0.05, 0.1) is 24.5 Å². The molecule has 0 saturated carbocycles. The van der Waals surface area contributed by atoms with Gasteiger partial charge in [-0.3, -0.25) is 5.41 Å². The van der Waals surface area contributed by atoms with Crippen LogP contribution in [-0.2, 0) is 6.54 Å². The van der Waals surface area contributed by atoms with Crippen molar-refractivity contribution in [2.75, 3.05) is 12.3 Å². The van der Waals surface area contributed by atoms with Crippen LogP contribution in [0.15, 0.2) is 52.6 Å². The first-order valence-electron chi connectivity index (χ1n) is 7.76. The average Bonchev–Trinajstić information content (AvgIpc) is 2.89. The molecule has 1 aliphatic rings. The van der Waals surface area contributed by atoms with Crippen molar-refractivity contribution in [3.8, 4) is 5.75 Å². The number of hydrogen-bond donors (Lipinski definition) is 4. The Hall–Kier alpha value is -3.19. The van der Waals surface area contributed by atoms with Gasteiger partial charge in [0.2, 0.25) is 0 Å². The summed E-state index contributed by atoms with van der Waals surface area (Å²) in [5.74, 6) is 0.183. The summed E-state index contributed by atoms with van der Waals surface area (Å²) in [7, 11) is 0. The van der Waals surface area contributed by atoms with E-state index in [0.717, 1.165) is 5.56 Å². The van der Waals surface area contributed by atoms with Crippen molar-refractivity contribution >= 4 is 28.6 Å². The molecule has 0 aromatic heterocycles. The Kier molecular flexibility index (Phi) is 4.49. The lowest BCUT2D eigenvalue weighted by molar-refractivity contribution is 0.355. The van der Waals surface area contributed by atoms with Crippen molar-refractivity contribution in [3.05, 3.63) is 53.6 Å². The van der Waals surface area contributed by atoms with E-state index < -0.39 is 0 Å². The molecule has 7 heteroatoms. The first-order chi connectivity index (χ1) is 12.0. The van der Waals surface area contributed by atoms with Gasteiger partial charge >= 0.3 is 0 Å². The molecule has 25 heavy (non-hydrogen) atoms. The third-order valence-corrected chi connectivity index (χ3v) is 3.90. The summed E-state index contributed by atoms with van der Waals surface area (Å²) < 4.78 is 0. The molecule has 3 rings (SSSR count). The molecule has 0 radical (unpaired) electrons. The molecule has 0 fully saturated rings. The molecule has 1 aliphatic heterocycles. The number of aliphatic hydroxyl groups excluding tert-OH is 1. The highest BCUT2D eigenvalue weighted by molar-refractivity contribution is 6.70. The number of phenolic OH excluding ortho intramolecular Hbond substituents is 1. The number of amidine groups is 1. The van der Waals surface area contributed by atoms with Gasteiger partial charge in [-0.05, 0) is 24.1 Å². The fourth-order valence-corrected chi connectivity index (χ4v) is 2.51. The summed E-state index contributed by atoms with van der Waals surface area (Å²) in [5, 5.41) is 33.4. The summed E-state index contributed by atoms with van der Waals surface area (Å²) in [6, 6.07) is 12.7.